The lowest BCUT2D eigenvalue weighted by Crippen LogP contribution is -2.36. The molecule has 7 nitrogen and oxygen atoms in total. The van der Waals surface area contributed by atoms with Crippen LogP contribution in [-0.4, -0.2) is 50.8 Å². The molecule has 2 amide bonds. The van der Waals surface area contributed by atoms with E-state index in [4.69, 9.17) is 9.47 Å². The average Bonchev–Trinajstić information content (AvgIpc) is 3.03. The molecule has 0 spiro atoms. The molecule has 1 atom stereocenters. The molecule has 2 aliphatic rings. The number of hydrogen-bond acceptors (Lipinski definition) is 6. The van der Waals surface area contributed by atoms with Gasteiger partial charge in [0.1, 0.15) is 11.8 Å². The van der Waals surface area contributed by atoms with Gasteiger partial charge in [-0.1, -0.05) is 12.1 Å². The number of nitrogens with one attached hydrogen (secondary N) is 1. The molecular formula is C22H25N3O4. The zero-order valence-electron chi connectivity index (χ0n) is 16.5. The summed E-state index contributed by atoms with van der Waals surface area (Å²) in [6, 6.07) is 14.5. The molecule has 1 N–H and O–H groups in total. The lowest BCUT2D eigenvalue weighted by atomic mass is 10.2. The monoisotopic (exact) mass is 395 g/mol. The zero-order chi connectivity index (χ0) is 20.2. The zero-order valence-corrected chi connectivity index (χ0v) is 16.5. The summed E-state index contributed by atoms with van der Waals surface area (Å²) >= 11 is 0. The number of imide groups is 1. The van der Waals surface area contributed by atoms with Crippen LogP contribution in [0, 0.1) is 0 Å². The van der Waals surface area contributed by atoms with Crippen molar-refractivity contribution in [2.75, 3.05) is 48.0 Å². The smallest absolute Gasteiger partial charge is 0.256 e. The number of para-hydroxylation sites is 2. The highest BCUT2D eigenvalue weighted by Gasteiger charge is 2.40. The fourth-order valence-electron chi connectivity index (χ4n) is 3.71. The molecule has 0 bridgehead atoms. The van der Waals surface area contributed by atoms with Crippen molar-refractivity contribution in [1.82, 2.24) is 0 Å². The molecule has 0 aliphatic carbocycles. The quantitative estimate of drug-likeness (QED) is 0.759. The first-order valence-corrected chi connectivity index (χ1v) is 9.95. The van der Waals surface area contributed by atoms with E-state index in [1.165, 1.54) is 4.90 Å². The van der Waals surface area contributed by atoms with E-state index in [9.17, 15) is 9.59 Å². The van der Waals surface area contributed by atoms with Gasteiger partial charge in [0.25, 0.3) is 5.91 Å². The predicted octanol–water partition coefficient (Wildman–Crippen LogP) is 2.67. The molecule has 0 aromatic heterocycles. The first-order chi connectivity index (χ1) is 14.2. The van der Waals surface area contributed by atoms with Gasteiger partial charge in [0.15, 0.2) is 0 Å². The third-order valence-corrected chi connectivity index (χ3v) is 5.14. The molecule has 152 valence electrons. The number of rotatable bonds is 6. The number of hydrogen-bond donors (Lipinski definition) is 1. The lowest BCUT2D eigenvalue weighted by molar-refractivity contribution is -0.121. The molecule has 0 saturated carbocycles. The van der Waals surface area contributed by atoms with Gasteiger partial charge < -0.3 is 19.7 Å². The third-order valence-electron chi connectivity index (χ3n) is 5.14. The fraction of sp³-hybridized carbons (Fsp3) is 0.364. The van der Waals surface area contributed by atoms with E-state index in [2.05, 4.69) is 10.2 Å². The second-order valence-corrected chi connectivity index (χ2v) is 7.02. The molecule has 7 heteroatoms. The van der Waals surface area contributed by atoms with Gasteiger partial charge >= 0.3 is 0 Å². The minimum atomic E-state index is -0.591. The van der Waals surface area contributed by atoms with E-state index < -0.39 is 6.04 Å². The van der Waals surface area contributed by atoms with Crippen LogP contribution in [-0.2, 0) is 14.3 Å². The Morgan fingerprint density at radius 2 is 1.79 bits per heavy atom. The first kappa shape index (κ1) is 19.3. The van der Waals surface area contributed by atoms with Crippen LogP contribution in [0.4, 0.5) is 17.1 Å². The van der Waals surface area contributed by atoms with E-state index in [-0.39, 0.29) is 18.2 Å². The highest BCUT2D eigenvalue weighted by Crippen LogP contribution is 2.33. The highest BCUT2D eigenvalue weighted by atomic mass is 16.5. The molecule has 29 heavy (non-hydrogen) atoms. The summed E-state index contributed by atoms with van der Waals surface area (Å²) < 4.78 is 11.0. The van der Waals surface area contributed by atoms with Gasteiger partial charge in [-0.15, -0.1) is 0 Å². The SMILES string of the molecule is CCOc1ccccc1N1C(=O)CC(Nc2ccc(N3CCOCC3)cc2)C1=O. The largest absolute Gasteiger partial charge is 0.492 e. The topological polar surface area (TPSA) is 71.1 Å². The van der Waals surface area contributed by atoms with Gasteiger partial charge in [-0.2, -0.15) is 0 Å². The predicted molar refractivity (Wildman–Crippen MR) is 112 cm³/mol. The number of carbonyl (C=O) groups is 2. The number of ether oxygens (including phenoxy) is 2. The van der Waals surface area contributed by atoms with Crippen molar-refractivity contribution in [3.63, 3.8) is 0 Å². The summed E-state index contributed by atoms with van der Waals surface area (Å²) in [6.07, 6.45) is 0.116. The van der Waals surface area contributed by atoms with Crippen LogP contribution >= 0.6 is 0 Å². The van der Waals surface area contributed by atoms with Crippen molar-refractivity contribution in [3.8, 4) is 5.75 Å². The van der Waals surface area contributed by atoms with Crippen LogP contribution in [0.1, 0.15) is 13.3 Å². The maximum Gasteiger partial charge on any atom is 0.256 e. The number of benzene rings is 2. The Morgan fingerprint density at radius 3 is 2.52 bits per heavy atom. The van der Waals surface area contributed by atoms with Crippen LogP contribution in [0.5, 0.6) is 5.75 Å². The summed E-state index contributed by atoms with van der Waals surface area (Å²) in [7, 11) is 0. The molecule has 2 fully saturated rings. The van der Waals surface area contributed by atoms with Crippen molar-refractivity contribution < 1.29 is 19.1 Å². The highest BCUT2D eigenvalue weighted by molar-refractivity contribution is 6.23. The van der Waals surface area contributed by atoms with Gasteiger partial charge in [0.05, 0.1) is 31.9 Å². The third kappa shape index (κ3) is 4.05. The Morgan fingerprint density at radius 1 is 1.07 bits per heavy atom. The summed E-state index contributed by atoms with van der Waals surface area (Å²) in [5.41, 5.74) is 2.43. The van der Waals surface area contributed by atoms with Crippen LogP contribution in [0.3, 0.4) is 0 Å². The molecule has 4 rings (SSSR count). The van der Waals surface area contributed by atoms with E-state index in [1.54, 1.807) is 18.2 Å². The summed E-state index contributed by atoms with van der Waals surface area (Å²) in [4.78, 5) is 29.0. The molecule has 0 radical (unpaired) electrons. The maximum atomic E-state index is 13.0. The Hall–Kier alpha value is -3.06. The maximum absolute atomic E-state index is 13.0. The van der Waals surface area contributed by atoms with Crippen LogP contribution in [0.25, 0.3) is 0 Å². The standard InChI is InChI=1S/C22H25N3O4/c1-2-29-20-6-4-3-5-19(20)25-21(26)15-18(22(25)27)23-16-7-9-17(10-8-16)24-11-13-28-14-12-24/h3-10,18,23H,2,11-15H2,1H3. The molecule has 2 saturated heterocycles. The average molecular weight is 395 g/mol. The molecule has 2 heterocycles. The number of morpholine rings is 1. The Kier molecular flexibility index (Phi) is 5.67. The summed E-state index contributed by atoms with van der Waals surface area (Å²) in [5, 5.41) is 3.21. The Balaban J connectivity index is 1.47. The van der Waals surface area contributed by atoms with Gasteiger partial charge in [-0.05, 0) is 43.3 Å². The molecule has 2 aromatic carbocycles. The fourth-order valence-corrected chi connectivity index (χ4v) is 3.71. The van der Waals surface area contributed by atoms with E-state index >= 15 is 0 Å². The van der Waals surface area contributed by atoms with Gasteiger partial charge in [0.2, 0.25) is 5.91 Å². The van der Waals surface area contributed by atoms with Gasteiger partial charge in [0, 0.05) is 24.5 Å². The second kappa shape index (κ2) is 8.53. The minimum absolute atomic E-state index is 0.116. The van der Waals surface area contributed by atoms with Gasteiger partial charge in [-0.3, -0.25) is 9.59 Å². The summed E-state index contributed by atoms with van der Waals surface area (Å²) in [6.45, 7) is 5.54. The normalized spacial score (nSPS) is 19.6. The first-order valence-electron chi connectivity index (χ1n) is 9.95. The van der Waals surface area contributed by atoms with E-state index in [0.717, 1.165) is 37.7 Å². The van der Waals surface area contributed by atoms with Crippen molar-refractivity contribution in [3.05, 3.63) is 48.5 Å². The molecule has 2 aromatic rings. The lowest BCUT2D eigenvalue weighted by Gasteiger charge is -2.29. The van der Waals surface area contributed by atoms with E-state index in [0.29, 0.717) is 18.0 Å². The van der Waals surface area contributed by atoms with Gasteiger partial charge in [-0.25, -0.2) is 4.90 Å². The van der Waals surface area contributed by atoms with Crippen molar-refractivity contribution >= 4 is 28.9 Å². The second-order valence-electron chi connectivity index (χ2n) is 7.02. The summed E-state index contributed by atoms with van der Waals surface area (Å²) in [5.74, 6) is 0.0382. The number of anilines is 3. The molecule has 1 unspecified atom stereocenters. The van der Waals surface area contributed by atoms with Crippen LogP contribution in [0.15, 0.2) is 48.5 Å². The van der Waals surface area contributed by atoms with Crippen molar-refractivity contribution in [2.24, 2.45) is 0 Å². The minimum Gasteiger partial charge on any atom is -0.492 e. The van der Waals surface area contributed by atoms with Crippen LogP contribution < -0.4 is 19.9 Å². The number of amides is 2. The van der Waals surface area contributed by atoms with E-state index in [1.807, 2.05) is 37.3 Å². The number of carbonyl (C=O) groups excluding carboxylic acids is 2. The van der Waals surface area contributed by atoms with Crippen molar-refractivity contribution in [2.45, 2.75) is 19.4 Å². The molecular weight excluding hydrogens is 370 g/mol. The number of nitrogens with zero attached hydrogens (tertiary/aromatic N) is 2. The Bertz CT molecular complexity index is 878. The Labute approximate surface area is 170 Å². The molecule has 2 aliphatic heterocycles. The van der Waals surface area contributed by atoms with Crippen molar-refractivity contribution in [1.29, 1.82) is 0 Å². The van der Waals surface area contributed by atoms with Crippen LogP contribution in [0.2, 0.25) is 0 Å².